The molecule has 3 aromatic rings. The molecule has 0 spiro atoms. The maximum atomic E-state index is 12.5. The molecular weight excluding hydrogens is 362 g/mol. The number of esters is 1. The van der Waals surface area contributed by atoms with Gasteiger partial charge in [0.25, 0.3) is 0 Å². The Kier molecular flexibility index (Phi) is 5.88. The molecule has 138 valence electrons. The summed E-state index contributed by atoms with van der Waals surface area (Å²) in [6.07, 6.45) is 4.45. The van der Waals surface area contributed by atoms with Crippen molar-refractivity contribution in [1.82, 2.24) is 0 Å². The molecule has 1 amide bonds. The molecule has 0 radical (unpaired) electrons. The zero-order valence-corrected chi connectivity index (χ0v) is 15.8. The number of hydrogen-bond acceptors (Lipinski definition) is 5. The van der Waals surface area contributed by atoms with E-state index in [0.29, 0.717) is 16.3 Å². The van der Waals surface area contributed by atoms with Crippen LogP contribution in [0.2, 0.25) is 0 Å². The molecule has 2 aromatic heterocycles. The number of thiophene rings is 1. The molecule has 0 bridgehead atoms. The lowest BCUT2D eigenvalue weighted by Crippen LogP contribution is -2.12. The first-order valence-electron chi connectivity index (χ1n) is 8.46. The molecular formula is C21H19NO4S. The van der Waals surface area contributed by atoms with E-state index in [1.807, 2.05) is 36.6 Å². The van der Waals surface area contributed by atoms with Gasteiger partial charge in [0.2, 0.25) is 5.91 Å². The van der Waals surface area contributed by atoms with Crippen molar-refractivity contribution in [2.45, 2.75) is 13.8 Å². The van der Waals surface area contributed by atoms with Gasteiger partial charge < -0.3 is 14.5 Å². The van der Waals surface area contributed by atoms with Crippen molar-refractivity contribution in [3.8, 4) is 11.1 Å². The molecule has 6 heteroatoms. The molecule has 0 aliphatic rings. The number of aryl methyl sites for hydroxylation is 1. The van der Waals surface area contributed by atoms with E-state index in [1.54, 1.807) is 25.1 Å². The van der Waals surface area contributed by atoms with Gasteiger partial charge >= 0.3 is 5.97 Å². The average molecular weight is 381 g/mol. The second-order valence-corrected chi connectivity index (χ2v) is 6.66. The summed E-state index contributed by atoms with van der Waals surface area (Å²) < 4.78 is 10.4. The molecule has 0 aliphatic carbocycles. The number of carbonyl (C=O) groups excluding carboxylic acids is 2. The van der Waals surface area contributed by atoms with E-state index in [4.69, 9.17) is 9.15 Å². The molecule has 0 saturated heterocycles. The van der Waals surface area contributed by atoms with Crippen LogP contribution in [0.1, 0.15) is 28.6 Å². The standard InChI is InChI=1S/C21H19NO4S/c1-3-25-21(24)19-17(15-8-6-14(2)7-9-15)13-27-20(19)22-18(23)11-10-16-5-4-12-26-16/h4-13H,3H2,1-2H3,(H,22,23)/b11-10-. The lowest BCUT2D eigenvalue weighted by atomic mass is 10.0. The van der Waals surface area contributed by atoms with E-state index < -0.39 is 5.97 Å². The second kappa shape index (κ2) is 8.51. The highest BCUT2D eigenvalue weighted by atomic mass is 32.1. The molecule has 0 fully saturated rings. The predicted molar refractivity (Wildman–Crippen MR) is 107 cm³/mol. The predicted octanol–water partition coefficient (Wildman–Crippen LogP) is 5.15. The third-order valence-electron chi connectivity index (χ3n) is 3.81. The third-order valence-corrected chi connectivity index (χ3v) is 4.71. The van der Waals surface area contributed by atoms with Gasteiger partial charge in [-0.1, -0.05) is 29.8 Å². The Bertz CT molecular complexity index is 953. The quantitative estimate of drug-likeness (QED) is 0.474. The van der Waals surface area contributed by atoms with Crippen molar-refractivity contribution in [2.75, 3.05) is 11.9 Å². The maximum Gasteiger partial charge on any atom is 0.341 e. The number of benzene rings is 1. The Labute approximate surface area is 161 Å². The van der Waals surface area contributed by atoms with Crippen molar-refractivity contribution in [1.29, 1.82) is 0 Å². The van der Waals surface area contributed by atoms with Crippen LogP contribution in [0.15, 0.2) is 58.5 Å². The number of amides is 1. The number of nitrogens with one attached hydrogen (secondary N) is 1. The molecule has 3 rings (SSSR count). The number of ether oxygens (including phenoxy) is 1. The molecule has 5 nitrogen and oxygen atoms in total. The summed E-state index contributed by atoms with van der Waals surface area (Å²) in [7, 11) is 0. The van der Waals surface area contributed by atoms with Crippen LogP contribution >= 0.6 is 11.3 Å². The minimum absolute atomic E-state index is 0.258. The van der Waals surface area contributed by atoms with Gasteiger partial charge in [-0.3, -0.25) is 4.79 Å². The Balaban J connectivity index is 1.89. The zero-order valence-electron chi connectivity index (χ0n) is 15.0. The Morgan fingerprint density at radius 2 is 2.00 bits per heavy atom. The first-order chi connectivity index (χ1) is 13.1. The topological polar surface area (TPSA) is 68.5 Å². The van der Waals surface area contributed by atoms with Gasteiger partial charge in [-0.15, -0.1) is 11.3 Å². The molecule has 0 aliphatic heterocycles. The van der Waals surface area contributed by atoms with Gasteiger partial charge in [-0.05, 0) is 37.6 Å². The smallest absolute Gasteiger partial charge is 0.341 e. The molecule has 2 heterocycles. The molecule has 1 aromatic carbocycles. The third kappa shape index (κ3) is 4.54. The summed E-state index contributed by atoms with van der Waals surface area (Å²) in [5.41, 5.74) is 3.13. The van der Waals surface area contributed by atoms with E-state index >= 15 is 0 Å². The molecule has 27 heavy (non-hydrogen) atoms. The fraction of sp³-hybridized carbons (Fsp3) is 0.143. The summed E-state index contributed by atoms with van der Waals surface area (Å²) in [5, 5.41) is 5.07. The molecule has 1 N–H and O–H groups in total. The van der Waals surface area contributed by atoms with Crippen molar-refractivity contribution in [3.63, 3.8) is 0 Å². The van der Waals surface area contributed by atoms with Crippen molar-refractivity contribution in [3.05, 3.63) is 71.0 Å². The van der Waals surface area contributed by atoms with E-state index in [1.165, 1.54) is 23.7 Å². The van der Waals surface area contributed by atoms with Crippen LogP contribution in [0.25, 0.3) is 17.2 Å². The Morgan fingerprint density at radius 1 is 1.22 bits per heavy atom. The van der Waals surface area contributed by atoms with Crippen LogP contribution in [0.3, 0.4) is 0 Å². The largest absolute Gasteiger partial charge is 0.465 e. The fourth-order valence-corrected chi connectivity index (χ4v) is 3.46. The summed E-state index contributed by atoms with van der Waals surface area (Å²) >= 11 is 1.29. The zero-order chi connectivity index (χ0) is 19.2. The summed E-state index contributed by atoms with van der Waals surface area (Å²) in [4.78, 5) is 24.8. The minimum atomic E-state index is -0.459. The number of anilines is 1. The number of rotatable bonds is 6. The van der Waals surface area contributed by atoms with Gasteiger partial charge in [0, 0.05) is 17.0 Å². The minimum Gasteiger partial charge on any atom is -0.465 e. The first kappa shape index (κ1) is 18.7. The van der Waals surface area contributed by atoms with Crippen LogP contribution in [-0.2, 0) is 9.53 Å². The monoisotopic (exact) mass is 381 g/mol. The summed E-state index contributed by atoms with van der Waals surface area (Å²) in [6, 6.07) is 11.3. The highest BCUT2D eigenvalue weighted by Gasteiger charge is 2.22. The summed E-state index contributed by atoms with van der Waals surface area (Å²) in [6.45, 7) is 4.01. The van der Waals surface area contributed by atoms with Gasteiger partial charge in [0.1, 0.15) is 16.3 Å². The molecule has 0 atom stereocenters. The number of furan rings is 1. The van der Waals surface area contributed by atoms with Gasteiger partial charge in [0.05, 0.1) is 12.9 Å². The van der Waals surface area contributed by atoms with Crippen molar-refractivity contribution >= 4 is 34.3 Å². The van der Waals surface area contributed by atoms with E-state index in [9.17, 15) is 9.59 Å². The van der Waals surface area contributed by atoms with E-state index in [2.05, 4.69) is 5.32 Å². The maximum absolute atomic E-state index is 12.5. The van der Waals surface area contributed by atoms with Crippen LogP contribution in [0.4, 0.5) is 5.00 Å². The number of carbonyl (C=O) groups is 2. The fourth-order valence-electron chi connectivity index (χ4n) is 2.50. The lowest BCUT2D eigenvalue weighted by Gasteiger charge is -2.08. The van der Waals surface area contributed by atoms with Crippen LogP contribution in [0.5, 0.6) is 0 Å². The van der Waals surface area contributed by atoms with Crippen LogP contribution in [0, 0.1) is 6.92 Å². The summed E-state index contributed by atoms with van der Waals surface area (Å²) in [5.74, 6) is -0.240. The van der Waals surface area contributed by atoms with Crippen LogP contribution in [-0.4, -0.2) is 18.5 Å². The highest BCUT2D eigenvalue weighted by Crippen LogP contribution is 2.36. The number of hydrogen-bond donors (Lipinski definition) is 1. The SMILES string of the molecule is CCOC(=O)c1c(-c2ccc(C)cc2)csc1NC(=O)/C=C\c1ccco1. The highest BCUT2D eigenvalue weighted by molar-refractivity contribution is 7.15. The molecule has 0 saturated carbocycles. The lowest BCUT2D eigenvalue weighted by molar-refractivity contribution is -0.111. The normalized spacial score (nSPS) is 10.9. The van der Waals surface area contributed by atoms with Gasteiger partial charge in [0.15, 0.2) is 0 Å². The van der Waals surface area contributed by atoms with Crippen molar-refractivity contribution in [2.24, 2.45) is 0 Å². The van der Waals surface area contributed by atoms with Gasteiger partial charge in [-0.2, -0.15) is 0 Å². The van der Waals surface area contributed by atoms with E-state index in [-0.39, 0.29) is 12.5 Å². The average Bonchev–Trinajstić information content (AvgIpc) is 3.31. The first-order valence-corrected chi connectivity index (χ1v) is 9.34. The Morgan fingerprint density at radius 3 is 2.67 bits per heavy atom. The molecule has 0 unspecified atom stereocenters. The van der Waals surface area contributed by atoms with E-state index in [0.717, 1.165) is 16.7 Å². The second-order valence-electron chi connectivity index (χ2n) is 5.78. The van der Waals surface area contributed by atoms with Crippen LogP contribution < -0.4 is 5.32 Å². The van der Waals surface area contributed by atoms with Gasteiger partial charge in [-0.25, -0.2) is 4.79 Å². The Hall–Kier alpha value is -3.12. The van der Waals surface area contributed by atoms with Crippen molar-refractivity contribution < 1.29 is 18.7 Å².